The Labute approximate surface area is 180 Å². The van der Waals surface area contributed by atoms with Crippen molar-refractivity contribution in [2.24, 2.45) is 0 Å². The van der Waals surface area contributed by atoms with E-state index in [-0.39, 0.29) is 17.6 Å². The predicted molar refractivity (Wildman–Crippen MR) is 119 cm³/mol. The van der Waals surface area contributed by atoms with Crippen molar-refractivity contribution in [2.45, 2.75) is 64.3 Å². The van der Waals surface area contributed by atoms with Crippen LogP contribution in [0.15, 0.2) is 0 Å². The van der Waals surface area contributed by atoms with E-state index < -0.39 is 0 Å². The number of aromatic nitrogens is 1. The molecule has 2 saturated heterocycles. The first-order valence-corrected chi connectivity index (χ1v) is 11.8. The summed E-state index contributed by atoms with van der Waals surface area (Å²) in [5, 5.41) is 3.95. The topological polar surface area (TPSA) is 89.7 Å². The molecular formula is C22H30N4O3S. The second-order valence-corrected chi connectivity index (χ2v) is 10.2. The van der Waals surface area contributed by atoms with Crippen LogP contribution in [0.4, 0.5) is 11.5 Å². The Morgan fingerprint density at radius 2 is 2.10 bits per heavy atom. The second-order valence-electron chi connectivity index (χ2n) is 9.18. The van der Waals surface area contributed by atoms with Crippen molar-refractivity contribution in [3.63, 3.8) is 0 Å². The maximum Gasteiger partial charge on any atom is 0.263 e. The van der Waals surface area contributed by atoms with E-state index in [1.165, 1.54) is 29.7 Å². The van der Waals surface area contributed by atoms with E-state index in [0.29, 0.717) is 23.7 Å². The summed E-state index contributed by atoms with van der Waals surface area (Å²) >= 11 is 1.40. The van der Waals surface area contributed by atoms with Gasteiger partial charge in [-0.15, -0.1) is 11.3 Å². The standard InChI is InChI=1S/C22H30N4O3S/c1-22(2)10-14-15(12-29-22)19(26-7-3-4-8-26)25-21-16(14)17(23)18(30-21)20(27)24-11-13-6-5-9-28-13/h13H,3-12,23H2,1-2H3,(H,24,27)/t13-/m0/s1. The highest BCUT2D eigenvalue weighted by atomic mass is 32.1. The number of carbonyl (C=O) groups is 1. The molecule has 30 heavy (non-hydrogen) atoms. The van der Waals surface area contributed by atoms with Gasteiger partial charge in [0.15, 0.2) is 0 Å². The van der Waals surface area contributed by atoms with Gasteiger partial charge in [-0.1, -0.05) is 0 Å². The number of thiophene rings is 1. The van der Waals surface area contributed by atoms with Gasteiger partial charge in [-0.3, -0.25) is 4.79 Å². The number of amides is 1. The molecule has 3 aliphatic heterocycles. The minimum absolute atomic E-state index is 0.107. The van der Waals surface area contributed by atoms with Crippen molar-refractivity contribution in [3.8, 4) is 0 Å². The molecule has 0 bridgehead atoms. The first kappa shape index (κ1) is 20.0. The molecule has 0 saturated carbocycles. The maximum absolute atomic E-state index is 12.9. The van der Waals surface area contributed by atoms with E-state index in [0.717, 1.165) is 60.6 Å². The molecule has 3 aliphatic rings. The van der Waals surface area contributed by atoms with Gasteiger partial charge in [0.2, 0.25) is 0 Å². The highest BCUT2D eigenvalue weighted by Crippen LogP contribution is 2.43. The summed E-state index contributed by atoms with van der Waals surface area (Å²) in [7, 11) is 0. The number of anilines is 2. The van der Waals surface area contributed by atoms with Gasteiger partial charge in [-0.25, -0.2) is 4.98 Å². The van der Waals surface area contributed by atoms with Crippen molar-refractivity contribution in [3.05, 3.63) is 16.0 Å². The number of nitrogens with two attached hydrogens (primary N) is 1. The highest BCUT2D eigenvalue weighted by Gasteiger charge is 2.34. The van der Waals surface area contributed by atoms with Gasteiger partial charge in [0, 0.05) is 43.6 Å². The summed E-state index contributed by atoms with van der Waals surface area (Å²) in [5.74, 6) is 0.881. The Morgan fingerprint density at radius 1 is 1.30 bits per heavy atom. The van der Waals surface area contributed by atoms with Gasteiger partial charge in [0.05, 0.1) is 24.0 Å². The number of ether oxygens (including phenoxy) is 2. The first-order chi connectivity index (χ1) is 14.4. The van der Waals surface area contributed by atoms with Crippen LogP contribution in [0.25, 0.3) is 10.2 Å². The van der Waals surface area contributed by atoms with E-state index in [9.17, 15) is 4.79 Å². The molecule has 5 heterocycles. The molecule has 2 aromatic heterocycles. The highest BCUT2D eigenvalue weighted by molar-refractivity contribution is 7.21. The molecule has 0 aromatic carbocycles. The van der Waals surface area contributed by atoms with Crippen molar-refractivity contribution in [1.29, 1.82) is 0 Å². The lowest BCUT2D eigenvalue weighted by atomic mass is 9.90. The van der Waals surface area contributed by atoms with Crippen molar-refractivity contribution in [2.75, 3.05) is 36.9 Å². The predicted octanol–water partition coefficient (Wildman–Crippen LogP) is 3.24. The molecule has 7 nitrogen and oxygen atoms in total. The molecule has 0 aliphatic carbocycles. The number of fused-ring (bicyclic) bond motifs is 3. The molecule has 2 aromatic rings. The van der Waals surface area contributed by atoms with E-state index in [2.05, 4.69) is 24.1 Å². The van der Waals surface area contributed by atoms with E-state index in [1.54, 1.807) is 0 Å². The zero-order valence-corrected chi connectivity index (χ0v) is 18.6. The number of nitrogens with one attached hydrogen (secondary N) is 1. The van der Waals surface area contributed by atoms with Crippen molar-refractivity contribution < 1.29 is 14.3 Å². The van der Waals surface area contributed by atoms with E-state index in [4.69, 9.17) is 20.2 Å². The van der Waals surface area contributed by atoms with Crippen LogP contribution in [-0.2, 0) is 22.5 Å². The Morgan fingerprint density at radius 3 is 2.83 bits per heavy atom. The maximum atomic E-state index is 12.9. The number of carbonyl (C=O) groups excluding carboxylic acids is 1. The fraction of sp³-hybridized carbons (Fsp3) is 0.636. The fourth-order valence-corrected chi connectivity index (χ4v) is 5.83. The number of hydrogen-bond acceptors (Lipinski definition) is 7. The van der Waals surface area contributed by atoms with Crippen LogP contribution in [0.1, 0.15) is 60.3 Å². The summed E-state index contributed by atoms with van der Waals surface area (Å²) in [6.45, 7) is 8.09. The SMILES string of the molecule is CC1(C)Cc2c(c(N3CCCC3)nc3sc(C(=O)NC[C@@H]4CCCO4)c(N)c23)CO1. The molecule has 2 fully saturated rings. The molecule has 5 rings (SSSR count). The number of hydrogen-bond donors (Lipinski definition) is 2. The molecule has 0 radical (unpaired) electrons. The third-order valence-electron chi connectivity index (χ3n) is 6.41. The summed E-state index contributed by atoms with van der Waals surface area (Å²) in [6.07, 6.45) is 5.29. The van der Waals surface area contributed by atoms with Gasteiger partial charge in [0.1, 0.15) is 15.5 Å². The molecule has 8 heteroatoms. The Kier molecular flexibility index (Phi) is 5.11. The van der Waals surface area contributed by atoms with Crippen LogP contribution in [0.2, 0.25) is 0 Å². The molecule has 0 unspecified atom stereocenters. The van der Waals surface area contributed by atoms with E-state index in [1.807, 2.05) is 0 Å². The van der Waals surface area contributed by atoms with Crippen LogP contribution in [-0.4, -0.2) is 48.8 Å². The van der Waals surface area contributed by atoms with Crippen LogP contribution < -0.4 is 16.0 Å². The van der Waals surface area contributed by atoms with Gasteiger partial charge in [-0.05, 0) is 45.1 Å². The zero-order chi connectivity index (χ0) is 20.9. The number of rotatable bonds is 4. The summed E-state index contributed by atoms with van der Waals surface area (Å²) in [4.78, 5) is 21.7. The Bertz CT molecular complexity index is 975. The van der Waals surface area contributed by atoms with Gasteiger partial charge in [0.25, 0.3) is 5.91 Å². The number of nitrogens with zero attached hydrogens (tertiary/aromatic N) is 2. The van der Waals surface area contributed by atoms with E-state index >= 15 is 0 Å². The van der Waals surface area contributed by atoms with Crippen LogP contribution in [0.3, 0.4) is 0 Å². The summed E-state index contributed by atoms with van der Waals surface area (Å²) < 4.78 is 11.8. The van der Waals surface area contributed by atoms with Gasteiger partial charge < -0.3 is 25.4 Å². The fourth-order valence-electron chi connectivity index (χ4n) is 4.79. The minimum Gasteiger partial charge on any atom is -0.397 e. The van der Waals surface area contributed by atoms with Crippen LogP contribution in [0.5, 0.6) is 0 Å². The van der Waals surface area contributed by atoms with Crippen LogP contribution >= 0.6 is 11.3 Å². The molecule has 162 valence electrons. The zero-order valence-electron chi connectivity index (χ0n) is 17.8. The lowest BCUT2D eigenvalue weighted by molar-refractivity contribution is -0.0395. The lowest BCUT2D eigenvalue weighted by Gasteiger charge is -2.34. The monoisotopic (exact) mass is 430 g/mol. The second kappa shape index (κ2) is 7.66. The van der Waals surface area contributed by atoms with Gasteiger partial charge >= 0.3 is 0 Å². The summed E-state index contributed by atoms with van der Waals surface area (Å²) in [6, 6.07) is 0. The Balaban J connectivity index is 1.54. The molecule has 1 amide bonds. The van der Waals surface area contributed by atoms with Crippen molar-refractivity contribution in [1.82, 2.24) is 10.3 Å². The molecule has 0 spiro atoms. The Hall–Kier alpha value is -1.90. The number of nitrogen functional groups attached to an aromatic ring is 1. The minimum atomic E-state index is -0.264. The van der Waals surface area contributed by atoms with Gasteiger partial charge in [-0.2, -0.15) is 0 Å². The first-order valence-electron chi connectivity index (χ1n) is 11.0. The van der Waals surface area contributed by atoms with Crippen LogP contribution in [0, 0.1) is 0 Å². The third-order valence-corrected chi connectivity index (χ3v) is 7.50. The van der Waals surface area contributed by atoms with Crippen molar-refractivity contribution >= 4 is 39.0 Å². The molecule has 1 atom stereocenters. The third kappa shape index (κ3) is 3.55. The lowest BCUT2D eigenvalue weighted by Crippen LogP contribution is -2.34. The largest absolute Gasteiger partial charge is 0.397 e. The molecular weight excluding hydrogens is 400 g/mol. The number of pyridine rings is 1. The average molecular weight is 431 g/mol. The smallest absolute Gasteiger partial charge is 0.263 e. The quantitative estimate of drug-likeness (QED) is 0.774. The normalized spacial score (nSPS) is 23.1. The summed E-state index contributed by atoms with van der Waals surface area (Å²) in [5.41, 5.74) is 9.19. The molecule has 3 N–H and O–H groups in total. The average Bonchev–Trinajstić information content (AvgIpc) is 3.46.